The molecule has 2 aromatic heterocycles. The Labute approximate surface area is 161 Å². The molecule has 0 spiro atoms. The fourth-order valence-corrected chi connectivity index (χ4v) is 3.60. The van der Waals surface area contributed by atoms with E-state index in [1.807, 2.05) is 12.1 Å². The summed E-state index contributed by atoms with van der Waals surface area (Å²) >= 11 is 4.39. The van der Waals surface area contributed by atoms with Crippen LogP contribution in [-0.2, 0) is 4.74 Å². The molecule has 0 unspecified atom stereocenters. The van der Waals surface area contributed by atoms with Gasteiger partial charge >= 0.3 is 5.97 Å². The number of nitrogens with one attached hydrogen (secondary N) is 1. The van der Waals surface area contributed by atoms with Gasteiger partial charge in [-0.2, -0.15) is 0 Å². The molecule has 1 aromatic carbocycles. The van der Waals surface area contributed by atoms with Crippen LogP contribution >= 0.6 is 27.3 Å². The summed E-state index contributed by atoms with van der Waals surface area (Å²) in [7, 11) is 2.88. The number of hydrogen-bond acceptors (Lipinski definition) is 6. The van der Waals surface area contributed by atoms with Gasteiger partial charge in [0.2, 0.25) is 0 Å². The first kappa shape index (κ1) is 18.2. The van der Waals surface area contributed by atoms with Crippen molar-refractivity contribution < 1.29 is 23.5 Å². The first-order valence-corrected chi connectivity index (χ1v) is 9.11. The van der Waals surface area contributed by atoms with Crippen LogP contribution in [-0.4, -0.2) is 26.1 Å². The van der Waals surface area contributed by atoms with E-state index in [9.17, 15) is 9.59 Å². The second-order valence-electron chi connectivity index (χ2n) is 5.13. The highest BCUT2D eigenvalue weighted by molar-refractivity contribution is 9.10. The van der Waals surface area contributed by atoms with Crippen molar-refractivity contribution in [1.29, 1.82) is 0 Å². The summed E-state index contributed by atoms with van der Waals surface area (Å²) in [5.74, 6) is -0.149. The molecule has 0 atom stereocenters. The highest BCUT2D eigenvalue weighted by atomic mass is 79.9. The SMILES string of the molecule is COC(=O)c1c(-c2ccc(OC)cc2)csc1NC(=O)c1ccc(Br)o1. The predicted molar refractivity (Wildman–Crippen MR) is 102 cm³/mol. The minimum absolute atomic E-state index is 0.132. The lowest BCUT2D eigenvalue weighted by Gasteiger charge is -2.07. The number of halogens is 1. The van der Waals surface area contributed by atoms with Crippen LogP contribution in [0.1, 0.15) is 20.9 Å². The average molecular weight is 436 g/mol. The molecule has 1 N–H and O–H groups in total. The Bertz CT molecular complexity index is 945. The summed E-state index contributed by atoms with van der Waals surface area (Å²) in [6.07, 6.45) is 0. The van der Waals surface area contributed by atoms with E-state index in [-0.39, 0.29) is 5.76 Å². The summed E-state index contributed by atoms with van der Waals surface area (Å²) in [4.78, 5) is 24.6. The van der Waals surface area contributed by atoms with E-state index in [4.69, 9.17) is 13.9 Å². The average Bonchev–Trinajstić information content (AvgIpc) is 3.27. The summed E-state index contributed by atoms with van der Waals surface area (Å²) in [5, 5.41) is 4.89. The molecule has 26 heavy (non-hydrogen) atoms. The number of thiophene rings is 1. The molecule has 134 valence electrons. The van der Waals surface area contributed by atoms with Gasteiger partial charge in [0, 0.05) is 10.9 Å². The number of carbonyl (C=O) groups is 2. The first-order chi connectivity index (χ1) is 12.5. The topological polar surface area (TPSA) is 77.8 Å². The maximum atomic E-state index is 12.3. The molecular formula is C18H14BrNO5S. The molecule has 1 amide bonds. The molecule has 0 saturated heterocycles. The van der Waals surface area contributed by atoms with Crippen molar-refractivity contribution in [1.82, 2.24) is 0 Å². The molecule has 6 nitrogen and oxygen atoms in total. The lowest BCUT2D eigenvalue weighted by atomic mass is 10.0. The quantitative estimate of drug-likeness (QED) is 0.581. The van der Waals surface area contributed by atoms with Crippen LogP contribution in [0.5, 0.6) is 5.75 Å². The van der Waals surface area contributed by atoms with Crippen molar-refractivity contribution in [2.45, 2.75) is 0 Å². The van der Waals surface area contributed by atoms with Gasteiger partial charge in [-0.25, -0.2) is 4.79 Å². The Balaban J connectivity index is 1.96. The largest absolute Gasteiger partial charge is 0.497 e. The van der Waals surface area contributed by atoms with Crippen LogP contribution in [0.25, 0.3) is 11.1 Å². The van der Waals surface area contributed by atoms with Gasteiger partial charge in [0.25, 0.3) is 5.91 Å². The van der Waals surface area contributed by atoms with Gasteiger partial charge in [-0.05, 0) is 45.8 Å². The van der Waals surface area contributed by atoms with Crippen LogP contribution in [0.4, 0.5) is 5.00 Å². The summed E-state index contributed by atoms with van der Waals surface area (Å²) in [6.45, 7) is 0. The first-order valence-electron chi connectivity index (χ1n) is 7.44. The Morgan fingerprint density at radius 3 is 2.42 bits per heavy atom. The second-order valence-corrected chi connectivity index (χ2v) is 6.79. The molecular weight excluding hydrogens is 422 g/mol. The van der Waals surface area contributed by atoms with Gasteiger partial charge in [-0.3, -0.25) is 4.79 Å². The lowest BCUT2D eigenvalue weighted by molar-refractivity contribution is 0.0603. The Kier molecular flexibility index (Phi) is 5.43. The number of amides is 1. The summed E-state index contributed by atoms with van der Waals surface area (Å²) < 4.78 is 15.7. The van der Waals surface area contributed by atoms with Gasteiger partial charge in [0.15, 0.2) is 10.4 Å². The van der Waals surface area contributed by atoms with Crippen molar-refractivity contribution >= 4 is 44.1 Å². The number of anilines is 1. The van der Waals surface area contributed by atoms with Crippen molar-refractivity contribution in [3.05, 3.63) is 57.8 Å². The third-order valence-electron chi connectivity index (χ3n) is 3.61. The molecule has 0 aliphatic heterocycles. The molecule has 3 rings (SSSR count). The zero-order valence-electron chi connectivity index (χ0n) is 13.9. The molecule has 0 aliphatic carbocycles. The normalized spacial score (nSPS) is 10.4. The highest BCUT2D eigenvalue weighted by Gasteiger charge is 2.23. The Morgan fingerprint density at radius 1 is 1.12 bits per heavy atom. The van der Waals surface area contributed by atoms with Crippen molar-refractivity contribution in [3.63, 3.8) is 0 Å². The van der Waals surface area contributed by atoms with Crippen LogP contribution in [0.15, 0.2) is 50.9 Å². The molecule has 3 aromatic rings. The van der Waals surface area contributed by atoms with Crippen LogP contribution in [0.2, 0.25) is 0 Å². The zero-order chi connectivity index (χ0) is 18.7. The number of rotatable bonds is 5. The van der Waals surface area contributed by atoms with Crippen molar-refractivity contribution in [3.8, 4) is 16.9 Å². The standard InChI is InChI=1S/C18H14BrNO5S/c1-23-11-5-3-10(4-6-11)12-9-26-17(15(12)18(22)24-2)20-16(21)13-7-8-14(19)25-13/h3-9H,1-2H3,(H,20,21). The van der Waals surface area contributed by atoms with Gasteiger partial charge in [-0.15, -0.1) is 11.3 Å². The zero-order valence-corrected chi connectivity index (χ0v) is 16.3. The molecule has 0 radical (unpaired) electrons. The third-order valence-corrected chi connectivity index (χ3v) is 4.93. The minimum Gasteiger partial charge on any atom is -0.497 e. The van der Waals surface area contributed by atoms with E-state index >= 15 is 0 Å². The lowest BCUT2D eigenvalue weighted by Crippen LogP contribution is -2.13. The van der Waals surface area contributed by atoms with E-state index in [2.05, 4.69) is 21.2 Å². The Hall–Kier alpha value is -2.58. The fourth-order valence-electron chi connectivity index (χ4n) is 2.34. The number of ether oxygens (including phenoxy) is 2. The minimum atomic E-state index is -0.534. The monoisotopic (exact) mass is 435 g/mol. The maximum Gasteiger partial charge on any atom is 0.341 e. The van der Waals surface area contributed by atoms with E-state index in [1.165, 1.54) is 24.5 Å². The van der Waals surface area contributed by atoms with Gasteiger partial charge < -0.3 is 19.2 Å². The molecule has 0 aliphatic rings. The number of esters is 1. The van der Waals surface area contributed by atoms with Crippen LogP contribution in [0, 0.1) is 0 Å². The van der Waals surface area contributed by atoms with Gasteiger partial charge in [0.05, 0.1) is 14.2 Å². The summed E-state index contributed by atoms with van der Waals surface area (Å²) in [6, 6.07) is 10.4. The fraction of sp³-hybridized carbons (Fsp3) is 0.111. The molecule has 8 heteroatoms. The number of methoxy groups -OCH3 is 2. The van der Waals surface area contributed by atoms with Crippen LogP contribution < -0.4 is 10.1 Å². The highest BCUT2D eigenvalue weighted by Crippen LogP contribution is 2.37. The number of benzene rings is 1. The third kappa shape index (κ3) is 3.66. The van der Waals surface area contributed by atoms with E-state index in [0.717, 1.165) is 5.56 Å². The van der Waals surface area contributed by atoms with Crippen molar-refractivity contribution in [2.24, 2.45) is 0 Å². The smallest absolute Gasteiger partial charge is 0.341 e. The van der Waals surface area contributed by atoms with E-state index in [1.54, 1.807) is 30.7 Å². The molecule has 0 fully saturated rings. The number of carbonyl (C=O) groups excluding carboxylic acids is 2. The van der Waals surface area contributed by atoms with Gasteiger partial charge in [-0.1, -0.05) is 12.1 Å². The number of hydrogen-bond donors (Lipinski definition) is 1. The molecule has 0 saturated carbocycles. The predicted octanol–water partition coefficient (Wildman–Crippen LogP) is 4.82. The van der Waals surface area contributed by atoms with Crippen molar-refractivity contribution in [2.75, 3.05) is 19.5 Å². The van der Waals surface area contributed by atoms with Crippen LogP contribution in [0.3, 0.4) is 0 Å². The maximum absolute atomic E-state index is 12.3. The Morgan fingerprint density at radius 2 is 1.85 bits per heavy atom. The van der Waals surface area contributed by atoms with E-state index < -0.39 is 11.9 Å². The summed E-state index contributed by atoms with van der Waals surface area (Å²) in [5.41, 5.74) is 1.77. The number of furan rings is 1. The van der Waals surface area contributed by atoms with E-state index in [0.29, 0.717) is 26.5 Å². The second kappa shape index (κ2) is 7.76. The van der Waals surface area contributed by atoms with Gasteiger partial charge in [0.1, 0.15) is 16.3 Å². The molecule has 0 bridgehead atoms. The molecule has 2 heterocycles.